The van der Waals surface area contributed by atoms with Crippen molar-refractivity contribution in [2.75, 3.05) is 19.1 Å². The van der Waals surface area contributed by atoms with Crippen LogP contribution in [0.2, 0.25) is 0 Å². The van der Waals surface area contributed by atoms with Crippen LogP contribution < -0.4 is 5.32 Å². The summed E-state index contributed by atoms with van der Waals surface area (Å²) < 4.78 is 4.75. The monoisotopic (exact) mass is 329 g/mol. The molecule has 0 spiro atoms. The van der Waals surface area contributed by atoms with Gasteiger partial charge in [-0.25, -0.2) is 4.79 Å². The zero-order valence-electron chi connectivity index (χ0n) is 13.1. The Labute approximate surface area is 140 Å². The molecule has 0 aromatic heterocycles. The van der Waals surface area contributed by atoms with Crippen molar-refractivity contribution in [1.82, 2.24) is 5.32 Å². The fourth-order valence-corrected chi connectivity index (χ4v) is 2.82. The summed E-state index contributed by atoms with van der Waals surface area (Å²) in [6, 6.07) is 16.4. The number of hydrogen-bond acceptors (Lipinski definition) is 4. The molecule has 2 aromatic rings. The Hall–Kier alpha value is -2.27. The number of carbonyl (C=O) groups excluding carboxylic acids is 2. The number of benzene rings is 2. The minimum Gasteiger partial charge on any atom is -0.467 e. The summed E-state index contributed by atoms with van der Waals surface area (Å²) in [5.74, 6) is -0.259. The molecule has 0 fully saturated rings. The molecule has 2 rings (SSSR count). The van der Waals surface area contributed by atoms with Gasteiger partial charge in [0.25, 0.3) is 5.91 Å². The molecule has 1 atom stereocenters. The fraction of sp³-hybridized carbons (Fsp3) is 0.222. The van der Waals surface area contributed by atoms with Crippen LogP contribution >= 0.6 is 11.8 Å². The normalized spacial score (nSPS) is 11.6. The molecule has 0 saturated carbocycles. The van der Waals surface area contributed by atoms with Crippen molar-refractivity contribution in [2.45, 2.75) is 6.04 Å². The second-order valence-corrected chi connectivity index (χ2v) is 5.83. The van der Waals surface area contributed by atoms with Crippen molar-refractivity contribution >= 4 is 23.6 Å². The average Bonchev–Trinajstić information content (AvgIpc) is 2.61. The third-order valence-corrected chi connectivity index (χ3v) is 4.05. The minimum absolute atomic E-state index is 0.283. The van der Waals surface area contributed by atoms with Crippen LogP contribution in [0.1, 0.15) is 10.4 Å². The lowest BCUT2D eigenvalue weighted by atomic mass is 9.99. The molecule has 1 amide bonds. The third-order valence-electron chi connectivity index (χ3n) is 3.38. The fourth-order valence-electron chi connectivity index (χ4n) is 2.26. The van der Waals surface area contributed by atoms with Crippen LogP contribution in [-0.2, 0) is 9.53 Å². The zero-order valence-corrected chi connectivity index (χ0v) is 13.9. The van der Waals surface area contributed by atoms with E-state index in [4.69, 9.17) is 4.74 Å². The number of esters is 1. The van der Waals surface area contributed by atoms with Crippen molar-refractivity contribution in [1.29, 1.82) is 0 Å². The number of carbonyl (C=O) groups is 2. The lowest BCUT2D eigenvalue weighted by Crippen LogP contribution is -2.43. The number of amides is 1. The van der Waals surface area contributed by atoms with Crippen molar-refractivity contribution in [3.05, 3.63) is 60.2 Å². The van der Waals surface area contributed by atoms with Crippen LogP contribution in [0.25, 0.3) is 11.1 Å². The highest BCUT2D eigenvalue weighted by molar-refractivity contribution is 7.98. The van der Waals surface area contributed by atoms with Gasteiger partial charge >= 0.3 is 5.97 Å². The second-order valence-electron chi connectivity index (χ2n) is 4.92. The first-order valence-electron chi connectivity index (χ1n) is 7.19. The molecule has 4 nitrogen and oxygen atoms in total. The molecule has 0 aliphatic rings. The quantitative estimate of drug-likeness (QED) is 0.828. The Morgan fingerprint density at radius 1 is 1.09 bits per heavy atom. The molecule has 0 heterocycles. The summed E-state index contributed by atoms with van der Waals surface area (Å²) in [5.41, 5.74) is 2.32. The van der Waals surface area contributed by atoms with Gasteiger partial charge in [-0.2, -0.15) is 11.8 Å². The molecule has 0 bridgehead atoms. The van der Waals surface area contributed by atoms with Crippen molar-refractivity contribution in [3.63, 3.8) is 0 Å². The van der Waals surface area contributed by atoms with Crippen molar-refractivity contribution < 1.29 is 14.3 Å². The highest BCUT2D eigenvalue weighted by Gasteiger charge is 2.22. The Bertz CT molecular complexity index is 673. The van der Waals surface area contributed by atoms with Crippen LogP contribution in [0.15, 0.2) is 54.6 Å². The zero-order chi connectivity index (χ0) is 16.7. The van der Waals surface area contributed by atoms with E-state index in [1.807, 2.05) is 54.8 Å². The molecule has 0 aliphatic carbocycles. The van der Waals surface area contributed by atoms with E-state index in [1.165, 1.54) is 18.9 Å². The number of ether oxygens (including phenoxy) is 1. The van der Waals surface area contributed by atoms with E-state index in [9.17, 15) is 9.59 Å². The van der Waals surface area contributed by atoms with Gasteiger partial charge < -0.3 is 10.1 Å². The van der Waals surface area contributed by atoms with Gasteiger partial charge in [0.15, 0.2) is 0 Å². The topological polar surface area (TPSA) is 55.4 Å². The maximum absolute atomic E-state index is 12.6. The van der Waals surface area contributed by atoms with E-state index in [-0.39, 0.29) is 5.91 Å². The molecule has 0 radical (unpaired) electrons. The van der Waals surface area contributed by atoms with Crippen LogP contribution in [0.5, 0.6) is 0 Å². The maximum atomic E-state index is 12.6. The van der Waals surface area contributed by atoms with Gasteiger partial charge in [0.05, 0.1) is 7.11 Å². The number of hydrogen-bond donors (Lipinski definition) is 1. The Balaban J connectivity index is 2.28. The lowest BCUT2D eigenvalue weighted by Gasteiger charge is -2.17. The molecule has 2 aromatic carbocycles. The Morgan fingerprint density at radius 3 is 2.39 bits per heavy atom. The van der Waals surface area contributed by atoms with Gasteiger partial charge in [0, 0.05) is 11.3 Å². The Kier molecular flexibility index (Phi) is 6.23. The predicted molar refractivity (Wildman–Crippen MR) is 93.5 cm³/mol. The van der Waals surface area contributed by atoms with Crippen LogP contribution in [-0.4, -0.2) is 37.0 Å². The summed E-state index contributed by atoms with van der Waals surface area (Å²) in [4.78, 5) is 24.4. The summed E-state index contributed by atoms with van der Waals surface area (Å²) in [7, 11) is 1.32. The van der Waals surface area contributed by atoms with E-state index in [0.29, 0.717) is 11.3 Å². The van der Waals surface area contributed by atoms with E-state index < -0.39 is 12.0 Å². The highest BCUT2D eigenvalue weighted by atomic mass is 32.2. The average molecular weight is 329 g/mol. The molecular formula is C18H19NO3S. The molecule has 0 unspecified atom stereocenters. The summed E-state index contributed by atoms with van der Waals surface area (Å²) in [5, 5.41) is 2.76. The number of thioether (sulfide) groups is 1. The summed E-state index contributed by atoms with van der Waals surface area (Å²) >= 11 is 1.48. The van der Waals surface area contributed by atoms with Crippen molar-refractivity contribution in [2.24, 2.45) is 0 Å². The van der Waals surface area contributed by atoms with E-state index in [2.05, 4.69) is 5.32 Å². The van der Waals surface area contributed by atoms with E-state index in [0.717, 1.165) is 11.1 Å². The van der Waals surface area contributed by atoms with Gasteiger partial charge in [0.1, 0.15) is 6.04 Å². The van der Waals surface area contributed by atoms with E-state index >= 15 is 0 Å². The largest absolute Gasteiger partial charge is 0.467 e. The molecule has 5 heteroatoms. The van der Waals surface area contributed by atoms with Gasteiger partial charge in [-0.15, -0.1) is 0 Å². The SMILES string of the molecule is COC(=O)[C@H](CSC)NC(=O)c1ccccc1-c1ccccc1. The minimum atomic E-state index is -0.661. The first-order valence-corrected chi connectivity index (χ1v) is 8.59. The lowest BCUT2D eigenvalue weighted by molar-refractivity contribution is -0.142. The molecule has 0 saturated heterocycles. The molecule has 23 heavy (non-hydrogen) atoms. The standard InChI is InChI=1S/C18H19NO3S/c1-22-18(21)16(12-23-2)19-17(20)15-11-7-6-10-14(15)13-8-4-3-5-9-13/h3-11,16H,12H2,1-2H3,(H,19,20)/t16-/m0/s1. The van der Waals surface area contributed by atoms with Gasteiger partial charge in [0.2, 0.25) is 0 Å². The van der Waals surface area contributed by atoms with Gasteiger partial charge in [-0.05, 0) is 23.4 Å². The number of rotatable bonds is 6. The summed E-state index contributed by atoms with van der Waals surface area (Å²) in [6.45, 7) is 0. The smallest absolute Gasteiger partial charge is 0.329 e. The van der Waals surface area contributed by atoms with Crippen LogP contribution in [0.4, 0.5) is 0 Å². The van der Waals surface area contributed by atoms with Crippen LogP contribution in [0.3, 0.4) is 0 Å². The maximum Gasteiger partial charge on any atom is 0.329 e. The molecular weight excluding hydrogens is 310 g/mol. The van der Waals surface area contributed by atoms with Crippen LogP contribution in [0, 0.1) is 0 Å². The number of methoxy groups -OCH3 is 1. The Morgan fingerprint density at radius 2 is 1.74 bits per heavy atom. The van der Waals surface area contributed by atoms with Gasteiger partial charge in [-0.3, -0.25) is 4.79 Å². The van der Waals surface area contributed by atoms with Crippen molar-refractivity contribution in [3.8, 4) is 11.1 Å². The predicted octanol–water partition coefficient (Wildman–Crippen LogP) is 2.99. The van der Waals surface area contributed by atoms with Gasteiger partial charge in [-0.1, -0.05) is 48.5 Å². The third kappa shape index (κ3) is 4.36. The number of nitrogens with one attached hydrogen (secondary N) is 1. The molecule has 0 aliphatic heterocycles. The van der Waals surface area contributed by atoms with E-state index in [1.54, 1.807) is 6.07 Å². The summed E-state index contributed by atoms with van der Waals surface area (Å²) in [6.07, 6.45) is 1.88. The first kappa shape index (κ1) is 17.1. The molecule has 1 N–H and O–H groups in total. The molecule has 120 valence electrons. The second kappa shape index (κ2) is 8.39. The first-order chi connectivity index (χ1) is 11.2. The highest BCUT2D eigenvalue weighted by Crippen LogP contribution is 2.23.